The third-order valence-corrected chi connectivity index (χ3v) is 6.55. The fraction of sp³-hybridized carbons (Fsp3) is 0.280. The Kier molecular flexibility index (Phi) is 5.53. The molecule has 0 aliphatic carbocycles. The van der Waals surface area contributed by atoms with Gasteiger partial charge in [0.05, 0.1) is 23.0 Å². The van der Waals surface area contributed by atoms with Crippen molar-refractivity contribution in [1.82, 2.24) is 24.8 Å². The summed E-state index contributed by atoms with van der Waals surface area (Å²) in [5, 5.41) is 25.2. The van der Waals surface area contributed by atoms with E-state index in [9.17, 15) is 4.79 Å². The van der Waals surface area contributed by atoms with E-state index in [1.54, 1.807) is 23.0 Å². The van der Waals surface area contributed by atoms with Crippen LogP contribution in [0.25, 0.3) is 16.6 Å². The van der Waals surface area contributed by atoms with Crippen LogP contribution < -0.4 is 16.0 Å². The third-order valence-electron chi connectivity index (χ3n) is 6.55. The van der Waals surface area contributed by atoms with Crippen molar-refractivity contribution in [3.63, 3.8) is 0 Å². The summed E-state index contributed by atoms with van der Waals surface area (Å²) in [4.78, 5) is 18.6. The van der Waals surface area contributed by atoms with E-state index < -0.39 is 5.91 Å². The minimum atomic E-state index is -0.530. The molecular weight excluding hydrogens is 442 g/mol. The molecule has 10 heteroatoms. The maximum atomic E-state index is 12.3. The summed E-state index contributed by atoms with van der Waals surface area (Å²) in [6.07, 6.45) is 7.74. The fourth-order valence-corrected chi connectivity index (χ4v) is 4.65. The summed E-state index contributed by atoms with van der Waals surface area (Å²) >= 11 is 0. The largest absolute Gasteiger partial charge is 0.379 e. The molecule has 1 amide bonds. The molecule has 5 heterocycles. The van der Waals surface area contributed by atoms with Crippen LogP contribution in [0.5, 0.6) is 0 Å². The summed E-state index contributed by atoms with van der Waals surface area (Å²) in [5.74, 6) is 0.213. The Morgan fingerprint density at radius 2 is 2.00 bits per heavy atom. The van der Waals surface area contributed by atoms with Crippen molar-refractivity contribution in [3.8, 4) is 17.2 Å². The normalized spacial score (nSPS) is 17.2. The van der Waals surface area contributed by atoms with E-state index in [-0.39, 0.29) is 11.5 Å². The number of anilines is 2. The zero-order chi connectivity index (χ0) is 24.6. The number of pyridine rings is 1. The molecule has 0 aromatic carbocycles. The Hall–Kier alpha value is -4.52. The first kappa shape index (κ1) is 22.3. The minimum Gasteiger partial charge on any atom is -0.379 e. The fourth-order valence-electron chi connectivity index (χ4n) is 4.65. The van der Waals surface area contributed by atoms with Gasteiger partial charge in [-0.05, 0) is 42.3 Å². The van der Waals surface area contributed by atoms with Gasteiger partial charge in [-0.25, -0.2) is 4.52 Å². The maximum Gasteiger partial charge on any atom is 0.252 e. The topological polar surface area (TPSA) is 138 Å². The SMILES string of the molecule is CC1(C)CN(c2ccc(C#N)nn2)CCC1Nc1c(C(N)=O)cnn2cc(-c3ccncc3)cc12. The standard InChI is InChI=1S/C25H25N9O/c1-25(2)15-33(22-4-3-18(12-26)31-32-22)10-7-21(25)30-23-19(24(27)35)13-29-34-14-17(11-20(23)34)16-5-8-28-9-6-16/h3-6,8-9,11,13-14,21,30H,7,10,15H2,1-2H3,(H2,27,35). The number of nitrogens with two attached hydrogens (primary N) is 1. The molecule has 0 spiro atoms. The summed E-state index contributed by atoms with van der Waals surface area (Å²) in [7, 11) is 0. The van der Waals surface area contributed by atoms with E-state index in [1.165, 1.54) is 6.20 Å². The van der Waals surface area contributed by atoms with E-state index in [4.69, 9.17) is 11.0 Å². The Morgan fingerprint density at radius 1 is 1.20 bits per heavy atom. The van der Waals surface area contributed by atoms with Crippen LogP contribution in [0.4, 0.5) is 11.5 Å². The smallest absolute Gasteiger partial charge is 0.252 e. The van der Waals surface area contributed by atoms with Crippen LogP contribution in [0, 0.1) is 16.7 Å². The van der Waals surface area contributed by atoms with E-state index in [0.29, 0.717) is 16.9 Å². The second-order valence-electron chi connectivity index (χ2n) is 9.38. The number of piperidine rings is 1. The summed E-state index contributed by atoms with van der Waals surface area (Å²) in [6, 6.07) is 11.4. The number of primary amides is 1. The van der Waals surface area contributed by atoms with Crippen LogP contribution in [-0.4, -0.2) is 49.8 Å². The predicted octanol–water partition coefficient (Wildman–Crippen LogP) is 2.87. The van der Waals surface area contributed by atoms with E-state index in [0.717, 1.165) is 42.0 Å². The number of nitrogens with zero attached hydrogens (tertiary/aromatic N) is 7. The van der Waals surface area contributed by atoms with Gasteiger partial charge >= 0.3 is 0 Å². The molecule has 1 unspecified atom stereocenters. The number of amides is 1. The minimum absolute atomic E-state index is 0.0636. The molecule has 1 atom stereocenters. The average Bonchev–Trinajstić information content (AvgIpc) is 3.30. The zero-order valence-electron chi connectivity index (χ0n) is 19.5. The molecule has 10 nitrogen and oxygen atoms in total. The lowest BCUT2D eigenvalue weighted by molar-refractivity contribution is 0.100. The first-order valence-electron chi connectivity index (χ1n) is 11.3. The van der Waals surface area contributed by atoms with E-state index in [2.05, 4.69) is 44.3 Å². The van der Waals surface area contributed by atoms with Crippen LogP contribution in [-0.2, 0) is 0 Å². The van der Waals surface area contributed by atoms with Crippen molar-refractivity contribution in [2.75, 3.05) is 23.3 Å². The Balaban J connectivity index is 1.46. The Labute approximate surface area is 202 Å². The third kappa shape index (κ3) is 4.24. The van der Waals surface area contributed by atoms with Gasteiger partial charge in [-0.2, -0.15) is 10.4 Å². The van der Waals surface area contributed by atoms with Gasteiger partial charge in [-0.1, -0.05) is 13.8 Å². The number of carbonyl (C=O) groups is 1. The number of carbonyl (C=O) groups excluding carboxylic acids is 1. The number of fused-ring (bicyclic) bond motifs is 1. The molecule has 1 aliphatic rings. The molecule has 0 bridgehead atoms. The predicted molar refractivity (Wildman–Crippen MR) is 132 cm³/mol. The van der Waals surface area contributed by atoms with Crippen molar-refractivity contribution in [2.45, 2.75) is 26.3 Å². The number of rotatable bonds is 5. The molecule has 5 rings (SSSR count). The van der Waals surface area contributed by atoms with Crippen LogP contribution in [0.15, 0.2) is 55.1 Å². The highest BCUT2D eigenvalue weighted by Gasteiger charge is 2.37. The number of nitrogens with one attached hydrogen (secondary N) is 1. The first-order valence-corrected chi connectivity index (χ1v) is 11.3. The Bertz CT molecular complexity index is 1420. The van der Waals surface area contributed by atoms with Gasteiger partial charge in [0.25, 0.3) is 5.91 Å². The average molecular weight is 468 g/mol. The van der Waals surface area contributed by atoms with Gasteiger partial charge in [-0.3, -0.25) is 9.78 Å². The van der Waals surface area contributed by atoms with Gasteiger partial charge < -0.3 is 16.0 Å². The highest BCUT2D eigenvalue weighted by atomic mass is 16.1. The quantitative estimate of drug-likeness (QED) is 0.457. The van der Waals surface area contributed by atoms with Crippen molar-refractivity contribution in [1.29, 1.82) is 5.26 Å². The second-order valence-corrected chi connectivity index (χ2v) is 9.38. The summed E-state index contributed by atoms with van der Waals surface area (Å²) in [5.41, 5.74) is 9.65. The van der Waals surface area contributed by atoms with Crippen molar-refractivity contribution in [3.05, 3.63) is 66.4 Å². The van der Waals surface area contributed by atoms with Gasteiger partial charge in [0.1, 0.15) is 6.07 Å². The molecule has 3 N–H and O–H groups in total. The monoisotopic (exact) mass is 467 g/mol. The van der Waals surface area contributed by atoms with Gasteiger partial charge in [0.15, 0.2) is 11.5 Å². The Morgan fingerprint density at radius 3 is 2.66 bits per heavy atom. The summed E-state index contributed by atoms with van der Waals surface area (Å²) in [6.45, 7) is 5.83. The molecule has 4 aromatic heterocycles. The number of hydrogen-bond acceptors (Lipinski definition) is 8. The van der Waals surface area contributed by atoms with Crippen molar-refractivity contribution in [2.24, 2.45) is 11.1 Å². The molecular formula is C25H25N9O. The van der Waals surface area contributed by atoms with Crippen molar-refractivity contribution >= 4 is 22.9 Å². The van der Waals surface area contributed by atoms with Crippen LogP contribution in [0.2, 0.25) is 0 Å². The molecule has 4 aromatic rings. The molecule has 1 saturated heterocycles. The lowest BCUT2D eigenvalue weighted by atomic mass is 9.78. The molecule has 176 valence electrons. The molecule has 0 saturated carbocycles. The molecule has 0 radical (unpaired) electrons. The number of nitriles is 1. The van der Waals surface area contributed by atoms with E-state index in [1.807, 2.05) is 36.5 Å². The first-order chi connectivity index (χ1) is 16.9. The van der Waals surface area contributed by atoms with Gasteiger partial charge in [-0.15, -0.1) is 10.2 Å². The lowest BCUT2D eigenvalue weighted by Gasteiger charge is -2.45. The molecule has 1 fully saturated rings. The second kappa shape index (κ2) is 8.68. The lowest BCUT2D eigenvalue weighted by Crippen LogP contribution is -2.52. The highest BCUT2D eigenvalue weighted by Crippen LogP contribution is 2.36. The van der Waals surface area contributed by atoms with Gasteiger partial charge in [0, 0.05) is 48.7 Å². The molecule has 35 heavy (non-hydrogen) atoms. The summed E-state index contributed by atoms with van der Waals surface area (Å²) < 4.78 is 1.76. The van der Waals surface area contributed by atoms with Gasteiger partial charge in [0.2, 0.25) is 0 Å². The van der Waals surface area contributed by atoms with E-state index >= 15 is 0 Å². The maximum absolute atomic E-state index is 12.3. The zero-order valence-corrected chi connectivity index (χ0v) is 19.5. The number of hydrogen-bond donors (Lipinski definition) is 2. The van der Waals surface area contributed by atoms with Crippen LogP contribution >= 0.6 is 0 Å². The molecule has 1 aliphatic heterocycles. The van der Waals surface area contributed by atoms with Crippen molar-refractivity contribution < 1.29 is 4.79 Å². The van der Waals surface area contributed by atoms with Crippen LogP contribution in [0.3, 0.4) is 0 Å². The highest BCUT2D eigenvalue weighted by molar-refractivity contribution is 6.02. The van der Waals surface area contributed by atoms with Crippen LogP contribution in [0.1, 0.15) is 36.3 Å². The number of aromatic nitrogens is 5.